The first-order chi connectivity index (χ1) is 12.7. The van der Waals surface area contributed by atoms with Gasteiger partial charge in [-0.3, -0.25) is 0 Å². The monoisotopic (exact) mass is 340 g/mol. The SMILES string of the molecule is C=CCC1c2ccccc2C2(Cc3ccccc3C2)C1(CC=C)CC=C. The number of benzene rings is 2. The zero-order valence-corrected chi connectivity index (χ0v) is 15.6. The highest BCUT2D eigenvalue weighted by Crippen LogP contribution is 2.67. The lowest BCUT2D eigenvalue weighted by Crippen LogP contribution is -2.45. The van der Waals surface area contributed by atoms with E-state index >= 15 is 0 Å². The second kappa shape index (κ2) is 6.43. The van der Waals surface area contributed by atoms with Crippen LogP contribution < -0.4 is 0 Å². The Kier molecular flexibility index (Phi) is 4.23. The minimum atomic E-state index is 0.118. The summed E-state index contributed by atoms with van der Waals surface area (Å²) in [7, 11) is 0. The smallest absolute Gasteiger partial charge is 0.0105 e. The van der Waals surface area contributed by atoms with Gasteiger partial charge in [-0.05, 0) is 65.7 Å². The van der Waals surface area contributed by atoms with Crippen molar-refractivity contribution in [2.45, 2.75) is 43.4 Å². The Morgan fingerprint density at radius 1 is 0.808 bits per heavy atom. The van der Waals surface area contributed by atoms with E-state index in [1.165, 1.54) is 16.7 Å². The molecule has 26 heavy (non-hydrogen) atoms. The molecule has 0 aliphatic heterocycles. The fourth-order valence-electron chi connectivity index (χ4n) is 6.09. The highest BCUT2D eigenvalue weighted by molar-refractivity contribution is 5.54. The number of hydrogen-bond donors (Lipinski definition) is 0. The van der Waals surface area contributed by atoms with E-state index in [2.05, 4.69) is 86.5 Å². The Morgan fingerprint density at radius 3 is 1.96 bits per heavy atom. The highest BCUT2D eigenvalue weighted by atomic mass is 14.6. The van der Waals surface area contributed by atoms with Crippen LogP contribution in [-0.2, 0) is 18.3 Å². The average Bonchev–Trinajstić information content (AvgIpc) is 3.14. The van der Waals surface area contributed by atoms with Crippen LogP contribution in [-0.4, -0.2) is 0 Å². The zero-order chi connectivity index (χ0) is 18.2. The van der Waals surface area contributed by atoms with Crippen LogP contribution in [0.15, 0.2) is 86.5 Å². The van der Waals surface area contributed by atoms with Gasteiger partial charge < -0.3 is 0 Å². The fourth-order valence-corrected chi connectivity index (χ4v) is 6.09. The van der Waals surface area contributed by atoms with Crippen LogP contribution in [0, 0.1) is 5.41 Å². The molecule has 0 heteroatoms. The molecule has 0 heterocycles. The summed E-state index contributed by atoms with van der Waals surface area (Å²) in [5, 5.41) is 0. The van der Waals surface area contributed by atoms with Crippen molar-refractivity contribution in [2.24, 2.45) is 5.41 Å². The van der Waals surface area contributed by atoms with Crippen molar-refractivity contribution in [3.8, 4) is 0 Å². The lowest BCUT2D eigenvalue weighted by atomic mass is 9.55. The van der Waals surface area contributed by atoms with E-state index < -0.39 is 0 Å². The van der Waals surface area contributed by atoms with E-state index in [9.17, 15) is 0 Å². The fraction of sp³-hybridized carbons (Fsp3) is 0.308. The minimum absolute atomic E-state index is 0.118. The maximum absolute atomic E-state index is 4.15. The average molecular weight is 341 g/mol. The van der Waals surface area contributed by atoms with Crippen LogP contribution in [0.2, 0.25) is 0 Å². The molecule has 2 aromatic rings. The number of rotatable bonds is 6. The molecule has 4 rings (SSSR count). The van der Waals surface area contributed by atoms with Gasteiger partial charge in [0.25, 0.3) is 0 Å². The van der Waals surface area contributed by atoms with Gasteiger partial charge in [-0.1, -0.05) is 66.8 Å². The van der Waals surface area contributed by atoms with Gasteiger partial charge in [-0.25, -0.2) is 0 Å². The van der Waals surface area contributed by atoms with Crippen LogP contribution >= 0.6 is 0 Å². The second-order valence-electron chi connectivity index (χ2n) is 8.01. The molecule has 0 bridgehead atoms. The predicted molar refractivity (Wildman–Crippen MR) is 112 cm³/mol. The van der Waals surface area contributed by atoms with Crippen LogP contribution in [0.25, 0.3) is 0 Å². The normalized spacial score (nSPS) is 21.2. The summed E-state index contributed by atoms with van der Waals surface area (Å²) < 4.78 is 0. The maximum Gasteiger partial charge on any atom is 0.0105 e. The number of allylic oxidation sites excluding steroid dienone is 3. The second-order valence-corrected chi connectivity index (χ2v) is 8.01. The molecule has 0 amide bonds. The van der Waals surface area contributed by atoms with Crippen molar-refractivity contribution in [1.29, 1.82) is 0 Å². The molecule has 132 valence electrons. The lowest BCUT2D eigenvalue weighted by Gasteiger charge is -2.47. The van der Waals surface area contributed by atoms with Crippen molar-refractivity contribution in [3.63, 3.8) is 0 Å². The van der Waals surface area contributed by atoms with E-state index in [1.807, 2.05) is 0 Å². The summed E-state index contributed by atoms with van der Waals surface area (Å²) in [6, 6.07) is 18.1. The van der Waals surface area contributed by atoms with Gasteiger partial charge in [-0.2, -0.15) is 0 Å². The van der Waals surface area contributed by atoms with Crippen LogP contribution in [0.3, 0.4) is 0 Å². The van der Waals surface area contributed by atoms with Crippen molar-refractivity contribution in [3.05, 3.63) is 109 Å². The van der Waals surface area contributed by atoms with Gasteiger partial charge in [0.2, 0.25) is 0 Å². The summed E-state index contributed by atoms with van der Waals surface area (Å²) in [4.78, 5) is 0. The van der Waals surface area contributed by atoms with Gasteiger partial charge in [-0.15, -0.1) is 19.7 Å². The van der Waals surface area contributed by atoms with Crippen LogP contribution in [0.1, 0.15) is 47.4 Å². The lowest BCUT2D eigenvalue weighted by molar-refractivity contribution is 0.112. The topological polar surface area (TPSA) is 0 Å². The van der Waals surface area contributed by atoms with Crippen molar-refractivity contribution in [1.82, 2.24) is 0 Å². The minimum Gasteiger partial charge on any atom is -0.103 e. The van der Waals surface area contributed by atoms with Gasteiger partial charge in [0, 0.05) is 5.41 Å². The zero-order valence-electron chi connectivity index (χ0n) is 15.6. The Bertz CT molecular complexity index is 819. The van der Waals surface area contributed by atoms with E-state index in [4.69, 9.17) is 0 Å². The van der Waals surface area contributed by atoms with Crippen LogP contribution in [0.4, 0.5) is 0 Å². The Morgan fingerprint density at radius 2 is 1.38 bits per heavy atom. The molecule has 1 spiro atoms. The summed E-state index contributed by atoms with van der Waals surface area (Å²) >= 11 is 0. The van der Waals surface area contributed by atoms with Gasteiger partial charge in [0.1, 0.15) is 0 Å². The van der Waals surface area contributed by atoms with E-state index in [0.717, 1.165) is 32.1 Å². The molecular formula is C26H28. The number of fused-ring (bicyclic) bond motifs is 3. The first kappa shape index (κ1) is 17.1. The molecule has 1 unspecified atom stereocenters. The molecule has 0 nitrogen and oxygen atoms in total. The summed E-state index contributed by atoms with van der Waals surface area (Å²) in [6.45, 7) is 12.4. The largest absolute Gasteiger partial charge is 0.103 e. The van der Waals surface area contributed by atoms with Crippen molar-refractivity contribution < 1.29 is 0 Å². The molecule has 0 N–H and O–H groups in total. The molecule has 0 saturated carbocycles. The Hall–Kier alpha value is -2.34. The van der Waals surface area contributed by atoms with Crippen molar-refractivity contribution >= 4 is 0 Å². The molecule has 0 saturated heterocycles. The first-order valence-corrected chi connectivity index (χ1v) is 9.71. The molecule has 2 aliphatic carbocycles. The molecule has 2 aromatic carbocycles. The third-order valence-electron chi connectivity index (χ3n) is 6.99. The van der Waals surface area contributed by atoms with E-state index in [-0.39, 0.29) is 10.8 Å². The van der Waals surface area contributed by atoms with Crippen molar-refractivity contribution in [2.75, 3.05) is 0 Å². The highest BCUT2D eigenvalue weighted by Gasteiger charge is 2.62. The summed E-state index contributed by atoms with van der Waals surface area (Å²) in [5.74, 6) is 0.474. The first-order valence-electron chi connectivity index (χ1n) is 9.71. The molecule has 1 atom stereocenters. The van der Waals surface area contributed by atoms with Gasteiger partial charge >= 0.3 is 0 Å². The van der Waals surface area contributed by atoms with E-state index in [1.54, 1.807) is 5.56 Å². The molecule has 0 fully saturated rings. The van der Waals surface area contributed by atoms with Gasteiger partial charge in [0.05, 0.1) is 0 Å². The molecule has 2 aliphatic rings. The Balaban J connectivity index is 1.98. The molecule has 0 aromatic heterocycles. The Labute approximate surface area is 158 Å². The third kappa shape index (κ3) is 2.14. The summed E-state index contributed by atoms with van der Waals surface area (Å²) in [5.41, 5.74) is 6.34. The third-order valence-corrected chi connectivity index (χ3v) is 6.99. The van der Waals surface area contributed by atoms with Crippen LogP contribution in [0.5, 0.6) is 0 Å². The molecule has 0 radical (unpaired) electrons. The van der Waals surface area contributed by atoms with Gasteiger partial charge in [0.15, 0.2) is 0 Å². The molecular weight excluding hydrogens is 312 g/mol. The maximum atomic E-state index is 4.15. The quantitative estimate of drug-likeness (QED) is 0.524. The standard InChI is InChI=1S/C26H28/c1-4-11-23-22-14-9-10-15-24(22)26(25(23,16-5-2)17-6-3)18-20-12-7-8-13-21(20)19-26/h4-10,12-15,23H,1-3,11,16-19H2. The van der Waals surface area contributed by atoms with E-state index in [0.29, 0.717) is 5.92 Å². The predicted octanol–water partition coefficient (Wildman–Crippen LogP) is 6.54. The summed E-state index contributed by atoms with van der Waals surface area (Å²) in [6.07, 6.45) is 11.7. The number of hydrogen-bond acceptors (Lipinski definition) is 0.